The van der Waals surface area contributed by atoms with Gasteiger partial charge in [0.05, 0.1) is 18.0 Å². The molecule has 0 radical (unpaired) electrons. The van der Waals surface area contributed by atoms with Gasteiger partial charge in [-0.25, -0.2) is 9.18 Å². The van der Waals surface area contributed by atoms with Crippen LogP contribution in [0, 0.1) is 15.9 Å². The molecule has 2 aromatic rings. The first-order chi connectivity index (χ1) is 13.5. The van der Waals surface area contributed by atoms with Crippen molar-refractivity contribution in [3.05, 3.63) is 70.0 Å². The molecule has 0 aliphatic carbocycles. The van der Waals surface area contributed by atoms with Gasteiger partial charge in [-0.1, -0.05) is 30.3 Å². The molecular formula is C19H19FN2O6. The van der Waals surface area contributed by atoms with Crippen LogP contribution < -0.4 is 4.74 Å². The monoisotopic (exact) mass is 390 g/mol. The van der Waals surface area contributed by atoms with Gasteiger partial charge in [0.2, 0.25) is 0 Å². The summed E-state index contributed by atoms with van der Waals surface area (Å²) in [6.07, 6.45) is -1.78. The van der Waals surface area contributed by atoms with Crippen molar-refractivity contribution in [1.82, 2.24) is 4.90 Å². The molecule has 1 aliphatic heterocycles. The Balaban J connectivity index is 1.66. The van der Waals surface area contributed by atoms with E-state index >= 15 is 0 Å². The number of nitro benzene ring substituents is 1. The number of likely N-dealkylation sites (tertiary alicyclic amines) is 1. The first-order valence-corrected chi connectivity index (χ1v) is 8.57. The van der Waals surface area contributed by atoms with E-state index in [2.05, 4.69) is 0 Å². The Morgan fingerprint density at radius 3 is 2.61 bits per heavy atom. The number of carbonyl (C=O) groups is 1. The van der Waals surface area contributed by atoms with Crippen LogP contribution in [0.3, 0.4) is 0 Å². The molecule has 1 aliphatic rings. The van der Waals surface area contributed by atoms with Crippen LogP contribution in [0.1, 0.15) is 5.56 Å². The van der Waals surface area contributed by atoms with Crippen molar-refractivity contribution in [1.29, 1.82) is 0 Å². The molecule has 0 bridgehead atoms. The molecule has 0 N–H and O–H groups in total. The van der Waals surface area contributed by atoms with Crippen LogP contribution in [-0.4, -0.2) is 48.3 Å². The number of methoxy groups -OCH3 is 1. The molecule has 0 aromatic heterocycles. The van der Waals surface area contributed by atoms with Crippen LogP contribution in [0.4, 0.5) is 14.9 Å². The highest BCUT2D eigenvalue weighted by molar-refractivity contribution is 5.68. The Morgan fingerprint density at radius 2 is 1.93 bits per heavy atom. The molecule has 28 heavy (non-hydrogen) atoms. The van der Waals surface area contributed by atoms with E-state index in [0.29, 0.717) is 0 Å². The number of nitrogens with zero attached hydrogens (tertiary/aromatic N) is 2. The average molecular weight is 390 g/mol. The molecule has 8 nitrogen and oxygen atoms in total. The van der Waals surface area contributed by atoms with Crippen LogP contribution in [0.15, 0.2) is 48.5 Å². The fraction of sp³-hybridized carbons (Fsp3) is 0.316. The van der Waals surface area contributed by atoms with Gasteiger partial charge < -0.3 is 19.1 Å². The van der Waals surface area contributed by atoms with E-state index in [0.717, 1.165) is 23.8 Å². The maximum absolute atomic E-state index is 13.5. The quantitative estimate of drug-likeness (QED) is 0.556. The van der Waals surface area contributed by atoms with Crippen molar-refractivity contribution in [3.63, 3.8) is 0 Å². The van der Waals surface area contributed by atoms with Crippen LogP contribution >= 0.6 is 0 Å². The third-order valence-electron chi connectivity index (χ3n) is 4.38. The van der Waals surface area contributed by atoms with E-state index in [9.17, 15) is 19.3 Å². The van der Waals surface area contributed by atoms with Crippen LogP contribution in [-0.2, 0) is 16.1 Å². The number of amides is 1. The number of nitro groups is 1. The highest BCUT2D eigenvalue weighted by Gasteiger charge is 2.39. The number of carbonyl (C=O) groups excluding carboxylic acids is 1. The molecule has 0 saturated carbocycles. The summed E-state index contributed by atoms with van der Waals surface area (Å²) in [5.41, 5.74) is 0.489. The lowest BCUT2D eigenvalue weighted by Gasteiger charge is -2.18. The Hall–Kier alpha value is -3.20. The second-order valence-corrected chi connectivity index (χ2v) is 6.24. The predicted molar refractivity (Wildman–Crippen MR) is 96.5 cm³/mol. The molecule has 2 atom stereocenters. The third-order valence-corrected chi connectivity index (χ3v) is 4.38. The molecule has 3 rings (SSSR count). The lowest BCUT2D eigenvalue weighted by molar-refractivity contribution is -0.386. The minimum atomic E-state index is -0.699. The maximum Gasteiger partial charge on any atom is 0.410 e. The van der Waals surface area contributed by atoms with E-state index < -0.39 is 29.0 Å². The van der Waals surface area contributed by atoms with Gasteiger partial charge in [0.1, 0.15) is 24.6 Å². The SMILES string of the molecule is CO[C@@H]1CN(C(=O)OCc2ccccc2)C[C@H]1Oc1cc(F)ccc1[N+](=O)[O-]. The Bertz CT molecular complexity index is 848. The molecular weight excluding hydrogens is 371 g/mol. The van der Waals surface area contributed by atoms with Gasteiger partial charge in [0.25, 0.3) is 0 Å². The third kappa shape index (κ3) is 4.55. The molecule has 9 heteroatoms. The highest BCUT2D eigenvalue weighted by atomic mass is 19.1. The van der Waals surface area contributed by atoms with Gasteiger partial charge in [-0.2, -0.15) is 0 Å². The van der Waals surface area contributed by atoms with Crippen LogP contribution in [0.5, 0.6) is 5.75 Å². The highest BCUT2D eigenvalue weighted by Crippen LogP contribution is 2.30. The molecule has 2 aromatic carbocycles. The molecule has 0 spiro atoms. The van der Waals surface area contributed by atoms with Crippen LogP contribution in [0.25, 0.3) is 0 Å². The molecule has 0 unspecified atom stereocenters. The predicted octanol–water partition coefficient (Wildman–Crippen LogP) is 3.15. The van der Waals surface area contributed by atoms with Gasteiger partial charge >= 0.3 is 11.8 Å². The summed E-state index contributed by atoms with van der Waals surface area (Å²) < 4.78 is 29.8. The van der Waals surface area contributed by atoms with Gasteiger partial charge in [0.15, 0.2) is 5.75 Å². The second kappa shape index (κ2) is 8.66. The van der Waals surface area contributed by atoms with Crippen LogP contribution in [0.2, 0.25) is 0 Å². The number of benzene rings is 2. The van der Waals surface area contributed by atoms with E-state index in [1.54, 1.807) is 0 Å². The molecule has 1 saturated heterocycles. The topological polar surface area (TPSA) is 91.1 Å². The smallest absolute Gasteiger partial charge is 0.410 e. The molecule has 148 valence electrons. The van der Waals surface area contributed by atoms with E-state index in [-0.39, 0.29) is 31.1 Å². The van der Waals surface area contributed by atoms with Gasteiger partial charge in [-0.05, 0) is 11.6 Å². The number of halogens is 1. The number of hydrogen-bond donors (Lipinski definition) is 0. The first-order valence-electron chi connectivity index (χ1n) is 8.57. The lowest BCUT2D eigenvalue weighted by atomic mass is 10.2. The van der Waals surface area contributed by atoms with Crippen molar-refractivity contribution in [2.45, 2.75) is 18.8 Å². The minimum absolute atomic E-state index is 0.0970. The lowest BCUT2D eigenvalue weighted by Crippen LogP contribution is -2.32. The summed E-state index contributed by atoms with van der Waals surface area (Å²) in [6, 6.07) is 12.2. The molecule has 1 amide bonds. The molecule has 1 fully saturated rings. The van der Waals surface area contributed by atoms with Crippen molar-refractivity contribution >= 4 is 11.8 Å². The van der Waals surface area contributed by atoms with E-state index in [4.69, 9.17) is 14.2 Å². The first kappa shape index (κ1) is 19.6. The standard InChI is InChI=1S/C19H19FN2O6/c1-26-17-10-21(19(23)27-12-13-5-3-2-4-6-13)11-18(17)28-16-9-14(20)7-8-15(16)22(24)25/h2-9,17-18H,10-12H2,1H3/t17-,18-/m1/s1. The van der Waals surface area contributed by atoms with Crippen molar-refractivity contribution < 1.29 is 28.3 Å². The van der Waals surface area contributed by atoms with Gasteiger partial charge in [0, 0.05) is 19.2 Å². The zero-order valence-electron chi connectivity index (χ0n) is 15.1. The number of rotatable bonds is 6. The van der Waals surface area contributed by atoms with Crippen molar-refractivity contribution in [2.75, 3.05) is 20.2 Å². The average Bonchev–Trinajstić information content (AvgIpc) is 3.09. The van der Waals surface area contributed by atoms with Crippen molar-refractivity contribution in [2.24, 2.45) is 0 Å². The maximum atomic E-state index is 13.5. The summed E-state index contributed by atoms with van der Waals surface area (Å²) in [5.74, 6) is -0.872. The normalized spacial score (nSPS) is 18.7. The largest absolute Gasteiger partial charge is 0.479 e. The second-order valence-electron chi connectivity index (χ2n) is 6.24. The summed E-state index contributed by atoms with van der Waals surface area (Å²) in [6.45, 7) is 0.409. The summed E-state index contributed by atoms with van der Waals surface area (Å²) in [4.78, 5) is 24.2. The summed E-state index contributed by atoms with van der Waals surface area (Å²) >= 11 is 0. The van der Waals surface area contributed by atoms with Gasteiger partial charge in [-0.15, -0.1) is 0 Å². The zero-order valence-corrected chi connectivity index (χ0v) is 15.1. The van der Waals surface area contributed by atoms with E-state index in [1.807, 2.05) is 30.3 Å². The van der Waals surface area contributed by atoms with E-state index in [1.165, 1.54) is 12.0 Å². The number of ether oxygens (including phenoxy) is 3. The van der Waals surface area contributed by atoms with Crippen molar-refractivity contribution in [3.8, 4) is 5.75 Å². The summed E-state index contributed by atoms with van der Waals surface area (Å²) in [7, 11) is 1.44. The van der Waals surface area contributed by atoms with Gasteiger partial charge in [-0.3, -0.25) is 10.1 Å². The minimum Gasteiger partial charge on any atom is -0.479 e. The number of hydrogen-bond acceptors (Lipinski definition) is 6. The fourth-order valence-corrected chi connectivity index (χ4v) is 2.94. The zero-order chi connectivity index (χ0) is 20.1. The Kier molecular flexibility index (Phi) is 6.05. The fourth-order valence-electron chi connectivity index (χ4n) is 2.94. The molecule has 1 heterocycles. The summed E-state index contributed by atoms with van der Waals surface area (Å²) in [5, 5.41) is 11.1. The Labute approximate surface area is 160 Å². The Morgan fingerprint density at radius 1 is 1.21 bits per heavy atom.